The number of benzene rings is 3. The number of para-hydroxylation sites is 2. The van der Waals surface area contributed by atoms with E-state index in [-0.39, 0.29) is 25.5 Å². The molecule has 10 heteroatoms. The predicted molar refractivity (Wildman–Crippen MR) is 156 cm³/mol. The molecule has 0 saturated carbocycles. The van der Waals surface area contributed by atoms with Gasteiger partial charge in [-0.15, -0.1) is 0 Å². The fourth-order valence-corrected chi connectivity index (χ4v) is 7.40. The van der Waals surface area contributed by atoms with Gasteiger partial charge in [0.1, 0.15) is 6.23 Å². The Morgan fingerprint density at radius 1 is 1.14 bits per heavy atom. The van der Waals surface area contributed by atoms with Crippen LogP contribution in [0, 0.1) is 0 Å². The molecule has 2 amide bonds. The lowest BCUT2D eigenvalue weighted by atomic mass is 9.87. The fourth-order valence-electron chi connectivity index (χ4n) is 7.40. The molecule has 3 aromatic carbocycles. The van der Waals surface area contributed by atoms with Crippen LogP contribution in [0.5, 0.6) is 0 Å². The van der Waals surface area contributed by atoms with Crippen LogP contribution < -0.4 is 10.6 Å². The predicted octanol–water partition coefficient (Wildman–Crippen LogP) is 3.72. The minimum atomic E-state index is -1.95. The maximum Gasteiger partial charge on any atom is 0.330 e. The van der Waals surface area contributed by atoms with Gasteiger partial charge in [-0.05, 0) is 31.0 Å². The first-order valence-corrected chi connectivity index (χ1v) is 14.1. The number of fused-ring (bicyclic) bond motifs is 13. The highest BCUT2D eigenvalue weighted by atomic mass is 16.6. The van der Waals surface area contributed by atoms with Gasteiger partial charge in [0.25, 0.3) is 11.8 Å². The van der Waals surface area contributed by atoms with Crippen molar-refractivity contribution >= 4 is 61.4 Å². The van der Waals surface area contributed by atoms with E-state index in [2.05, 4.69) is 21.8 Å². The summed E-state index contributed by atoms with van der Waals surface area (Å²) in [6.45, 7) is 5.84. The monoisotopic (exact) mass is 564 g/mol. The van der Waals surface area contributed by atoms with Crippen molar-refractivity contribution in [2.45, 2.75) is 43.9 Å². The SMILES string of the molecule is C=CC(=O)OCCCNC(=O)[C@@]1(O)CC2O[C@]1(C)n1c3ccccc3c3c4c(c5c6ccccc6n2c5c31)C(=O)NC4. The van der Waals surface area contributed by atoms with Crippen molar-refractivity contribution in [2.75, 3.05) is 13.2 Å². The van der Waals surface area contributed by atoms with Crippen molar-refractivity contribution in [1.82, 2.24) is 19.8 Å². The van der Waals surface area contributed by atoms with Crippen molar-refractivity contribution in [3.63, 3.8) is 0 Å². The molecule has 0 radical (unpaired) electrons. The van der Waals surface area contributed by atoms with Gasteiger partial charge in [0.15, 0.2) is 11.3 Å². The van der Waals surface area contributed by atoms with E-state index in [1.54, 1.807) is 6.92 Å². The topological polar surface area (TPSA) is 124 Å². The Morgan fingerprint density at radius 2 is 1.86 bits per heavy atom. The Balaban J connectivity index is 1.38. The Labute approximate surface area is 239 Å². The molecule has 2 bridgehead atoms. The zero-order valence-corrected chi connectivity index (χ0v) is 22.9. The lowest BCUT2D eigenvalue weighted by molar-refractivity contribution is -0.187. The lowest BCUT2D eigenvalue weighted by Crippen LogP contribution is -2.59. The summed E-state index contributed by atoms with van der Waals surface area (Å²) in [6, 6.07) is 15.7. The molecular weight excluding hydrogens is 536 g/mol. The summed E-state index contributed by atoms with van der Waals surface area (Å²) in [5, 5.41) is 21.9. The molecule has 42 heavy (non-hydrogen) atoms. The number of hydrogen-bond acceptors (Lipinski definition) is 6. The Kier molecular flexibility index (Phi) is 5.03. The van der Waals surface area contributed by atoms with Gasteiger partial charge in [-0.25, -0.2) is 4.79 Å². The van der Waals surface area contributed by atoms with Crippen LogP contribution in [0.1, 0.15) is 41.9 Å². The van der Waals surface area contributed by atoms with Gasteiger partial charge in [0, 0.05) is 47.1 Å². The molecule has 3 atom stereocenters. The zero-order valence-electron chi connectivity index (χ0n) is 22.9. The van der Waals surface area contributed by atoms with E-state index in [0.29, 0.717) is 18.5 Å². The van der Waals surface area contributed by atoms with E-state index >= 15 is 0 Å². The van der Waals surface area contributed by atoms with Crippen LogP contribution in [0.15, 0.2) is 61.2 Å². The second-order valence-electron chi connectivity index (χ2n) is 11.3. The first-order chi connectivity index (χ1) is 20.3. The molecule has 1 fully saturated rings. The minimum Gasteiger partial charge on any atom is -0.462 e. The molecule has 2 aromatic heterocycles. The summed E-state index contributed by atoms with van der Waals surface area (Å²) in [5.41, 5.74) is 1.48. The van der Waals surface area contributed by atoms with E-state index in [1.165, 1.54) is 0 Å². The molecular formula is C32H28N4O6. The molecule has 0 spiro atoms. The Hall–Kier alpha value is -4.67. The van der Waals surface area contributed by atoms with Crippen LogP contribution >= 0.6 is 0 Å². The van der Waals surface area contributed by atoms with E-state index in [1.807, 2.05) is 53.1 Å². The molecule has 1 saturated heterocycles. The van der Waals surface area contributed by atoms with Crippen LogP contribution in [-0.2, 0) is 31.3 Å². The number of carbonyl (C=O) groups excluding carboxylic acids is 3. The molecule has 3 N–H and O–H groups in total. The molecule has 3 aliphatic heterocycles. The van der Waals surface area contributed by atoms with Gasteiger partial charge in [0.05, 0.1) is 34.2 Å². The lowest BCUT2D eigenvalue weighted by Gasteiger charge is -2.38. The molecule has 1 unspecified atom stereocenters. The van der Waals surface area contributed by atoms with Gasteiger partial charge in [0.2, 0.25) is 0 Å². The van der Waals surface area contributed by atoms with Crippen molar-refractivity contribution in [3.05, 3.63) is 72.3 Å². The quantitative estimate of drug-likeness (QED) is 0.164. The third kappa shape index (κ3) is 2.92. The number of aliphatic hydroxyl groups is 1. The molecule has 212 valence electrons. The Bertz CT molecular complexity index is 2060. The van der Waals surface area contributed by atoms with Crippen LogP contribution in [-0.4, -0.2) is 50.8 Å². The highest BCUT2D eigenvalue weighted by Crippen LogP contribution is 2.57. The van der Waals surface area contributed by atoms with Gasteiger partial charge in [-0.3, -0.25) is 9.59 Å². The van der Waals surface area contributed by atoms with Gasteiger partial charge < -0.3 is 34.3 Å². The summed E-state index contributed by atoms with van der Waals surface area (Å²) >= 11 is 0. The van der Waals surface area contributed by atoms with Crippen molar-refractivity contribution in [3.8, 4) is 0 Å². The summed E-state index contributed by atoms with van der Waals surface area (Å²) in [6.07, 6.45) is 0.763. The number of amides is 2. The van der Waals surface area contributed by atoms with Crippen molar-refractivity contribution in [2.24, 2.45) is 0 Å². The van der Waals surface area contributed by atoms with Gasteiger partial charge in [-0.1, -0.05) is 43.0 Å². The summed E-state index contributed by atoms with van der Waals surface area (Å²) in [5.74, 6) is -1.21. The second kappa shape index (κ2) is 8.43. The average molecular weight is 565 g/mol. The molecule has 5 aromatic rings. The van der Waals surface area contributed by atoms with Crippen LogP contribution in [0.25, 0.3) is 43.6 Å². The third-order valence-corrected chi connectivity index (χ3v) is 9.23. The zero-order chi connectivity index (χ0) is 29.0. The van der Waals surface area contributed by atoms with Crippen molar-refractivity contribution in [1.29, 1.82) is 0 Å². The number of carbonyl (C=O) groups is 3. The maximum atomic E-state index is 13.9. The van der Waals surface area contributed by atoms with Crippen LogP contribution in [0.4, 0.5) is 0 Å². The third-order valence-electron chi connectivity index (χ3n) is 9.23. The van der Waals surface area contributed by atoms with Gasteiger partial charge in [-0.2, -0.15) is 0 Å². The van der Waals surface area contributed by atoms with Crippen LogP contribution in [0.3, 0.4) is 0 Å². The van der Waals surface area contributed by atoms with E-state index in [0.717, 1.165) is 55.3 Å². The normalized spacial score (nSPS) is 24.0. The summed E-state index contributed by atoms with van der Waals surface area (Å²) in [4.78, 5) is 38.6. The first-order valence-electron chi connectivity index (χ1n) is 14.1. The molecule has 0 aliphatic carbocycles. The highest BCUT2D eigenvalue weighted by molar-refractivity contribution is 6.31. The van der Waals surface area contributed by atoms with E-state index in [4.69, 9.17) is 9.47 Å². The molecule has 3 aliphatic rings. The largest absolute Gasteiger partial charge is 0.462 e. The van der Waals surface area contributed by atoms with E-state index < -0.39 is 29.4 Å². The maximum absolute atomic E-state index is 13.9. The molecule has 8 rings (SSSR count). The second-order valence-corrected chi connectivity index (χ2v) is 11.3. The smallest absolute Gasteiger partial charge is 0.330 e. The summed E-state index contributed by atoms with van der Waals surface area (Å²) in [7, 11) is 0. The van der Waals surface area contributed by atoms with Crippen LogP contribution in [0.2, 0.25) is 0 Å². The fraction of sp³-hybridized carbons (Fsp3) is 0.281. The van der Waals surface area contributed by atoms with E-state index in [9.17, 15) is 19.5 Å². The summed E-state index contributed by atoms with van der Waals surface area (Å²) < 4.78 is 15.9. The standard InChI is InChI=1S/C32H28N4O6/c1-3-23(37)41-14-8-13-33-30(39)32(40)15-22-35-20-11-6-4-9-17(20)25-26-19(16-34-29(26)38)24-18-10-5-7-12-21(18)36(28(24)27(25)35)31(32,2)42-22/h3-7,9-12,22,40H,1,8,13-16H2,2H3,(H,33,39)(H,34,38)/t22?,31-,32-/m0/s1. The number of aromatic nitrogens is 2. The Morgan fingerprint density at radius 3 is 2.62 bits per heavy atom. The first kappa shape index (κ1) is 25.1. The minimum absolute atomic E-state index is 0.00865. The molecule has 10 nitrogen and oxygen atoms in total. The number of esters is 1. The average Bonchev–Trinajstić information content (AvgIpc) is 3.69. The number of nitrogens with one attached hydrogen (secondary N) is 2. The highest BCUT2D eigenvalue weighted by Gasteiger charge is 2.64. The molecule has 5 heterocycles. The number of hydrogen-bond donors (Lipinski definition) is 3. The number of nitrogens with zero attached hydrogens (tertiary/aromatic N) is 2. The number of ether oxygens (including phenoxy) is 2. The number of rotatable bonds is 6. The van der Waals surface area contributed by atoms with Crippen molar-refractivity contribution < 1.29 is 29.0 Å². The van der Waals surface area contributed by atoms with Gasteiger partial charge >= 0.3 is 5.97 Å².